The van der Waals surface area contributed by atoms with E-state index in [2.05, 4.69) is 30.9 Å². The van der Waals surface area contributed by atoms with Crippen LogP contribution in [0.15, 0.2) is 48.9 Å². The van der Waals surface area contributed by atoms with Gasteiger partial charge in [0.2, 0.25) is 5.95 Å². The summed E-state index contributed by atoms with van der Waals surface area (Å²) in [5.74, 6) is 1.06. The lowest BCUT2D eigenvalue weighted by molar-refractivity contribution is 0.0963. The maximum absolute atomic E-state index is 13.0. The Kier molecular flexibility index (Phi) is 4.12. The van der Waals surface area contributed by atoms with Crippen LogP contribution in [-0.2, 0) is 0 Å². The van der Waals surface area contributed by atoms with Crippen molar-refractivity contribution in [3.8, 4) is 5.82 Å². The molecule has 0 aliphatic heterocycles. The van der Waals surface area contributed by atoms with E-state index in [0.29, 0.717) is 40.0 Å². The molecule has 4 heterocycles. The van der Waals surface area contributed by atoms with Gasteiger partial charge in [-0.25, -0.2) is 19.9 Å². The van der Waals surface area contributed by atoms with Crippen LogP contribution in [0.4, 0.5) is 5.95 Å². The number of aryl methyl sites for hydroxylation is 1. The molecule has 144 valence electrons. The fraction of sp³-hybridized carbons (Fsp3) is 0.200. The quantitative estimate of drug-likeness (QED) is 0.507. The van der Waals surface area contributed by atoms with Gasteiger partial charge in [0.05, 0.1) is 16.6 Å². The number of hydrogen-bond donors (Lipinski definition) is 2. The number of nitrogens with one attached hydrogen (secondary N) is 2. The third-order valence-electron chi connectivity index (χ3n) is 4.79. The Balaban J connectivity index is 1.59. The number of rotatable bonds is 5. The summed E-state index contributed by atoms with van der Waals surface area (Å²) in [6.45, 7) is 1.87. The molecule has 0 unspecified atom stereocenters. The lowest BCUT2D eigenvalue weighted by atomic mass is 10.1. The van der Waals surface area contributed by atoms with Crippen LogP contribution < -0.4 is 10.9 Å². The summed E-state index contributed by atoms with van der Waals surface area (Å²) in [5.41, 5.74) is 8.18. The zero-order chi connectivity index (χ0) is 19.8. The van der Waals surface area contributed by atoms with Crippen molar-refractivity contribution in [2.24, 2.45) is 0 Å². The van der Waals surface area contributed by atoms with Crippen molar-refractivity contribution >= 4 is 22.9 Å². The normalized spacial score (nSPS) is 13.4. The highest BCUT2D eigenvalue weighted by molar-refractivity contribution is 6.07. The van der Waals surface area contributed by atoms with E-state index in [4.69, 9.17) is 4.98 Å². The van der Waals surface area contributed by atoms with E-state index >= 15 is 0 Å². The van der Waals surface area contributed by atoms with Crippen molar-refractivity contribution in [1.82, 2.24) is 35.1 Å². The molecule has 0 atom stereocenters. The molecular weight excluding hydrogens is 368 g/mol. The van der Waals surface area contributed by atoms with Gasteiger partial charge in [0, 0.05) is 30.2 Å². The van der Waals surface area contributed by atoms with Crippen molar-refractivity contribution in [2.75, 3.05) is 5.43 Å². The smallest absolute Gasteiger partial charge is 0.267 e. The Hall–Kier alpha value is -3.88. The third kappa shape index (κ3) is 3.27. The number of nitrogens with zero attached hydrogens (tertiary/aromatic N) is 6. The standard InChI is InChI=1S/C20H18N8O/c1-12-17-14(19(29)25-26-20-22-9-4-10-23-20)11-15(13-6-7-13)24-18(17)28(27-12)16-5-2-3-8-21-16/h2-5,8-11,13H,6-7H2,1H3,(H,25,29)(H,22,23,26). The summed E-state index contributed by atoms with van der Waals surface area (Å²) in [6, 6.07) is 9.18. The van der Waals surface area contributed by atoms with Gasteiger partial charge in [0.1, 0.15) is 0 Å². The fourth-order valence-corrected chi connectivity index (χ4v) is 3.26. The van der Waals surface area contributed by atoms with Gasteiger partial charge in [0.15, 0.2) is 11.5 Å². The number of carbonyl (C=O) groups is 1. The molecule has 5 rings (SSSR count). The highest BCUT2D eigenvalue weighted by atomic mass is 16.2. The van der Waals surface area contributed by atoms with Gasteiger partial charge in [-0.3, -0.25) is 15.6 Å². The molecule has 4 aromatic heterocycles. The van der Waals surface area contributed by atoms with Gasteiger partial charge in [-0.1, -0.05) is 6.07 Å². The zero-order valence-corrected chi connectivity index (χ0v) is 15.7. The summed E-state index contributed by atoms with van der Waals surface area (Å²) in [6.07, 6.45) is 7.05. The first-order valence-corrected chi connectivity index (χ1v) is 9.36. The second-order valence-corrected chi connectivity index (χ2v) is 6.90. The van der Waals surface area contributed by atoms with Gasteiger partial charge in [-0.05, 0) is 44.0 Å². The van der Waals surface area contributed by atoms with Crippen molar-refractivity contribution in [1.29, 1.82) is 0 Å². The van der Waals surface area contributed by atoms with Gasteiger partial charge in [-0.2, -0.15) is 9.78 Å². The SMILES string of the molecule is Cc1nn(-c2ccccn2)c2nc(C3CC3)cc(C(=O)NNc3ncccn3)c12. The van der Waals surface area contributed by atoms with Crippen molar-refractivity contribution < 1.29 is 4.79 Å². The van der Waals surface area contributed by atoms with Crippen LogP contribution in [0.3, 0.4) is 0 Å². The number of amides is 1. The van der Waals surface area contributed by atoms with Crippen LogP contribution in [0.5, 0.6) is 0 Å². The summed E-state index contributed by atoms with van der Waals surface area (Å²) < 4.78 is 1.70. The van der Waals surface area contributed by atoms with E-state index in [9.17, 15) is 4.79 Å². The van der Waals surface area contributed by atoms with Crippen LogP contribution in [0.2, 0.25) is 0 Å². The fourth-order valence-electron chi connectivity index (χ4n) is 3.26. The molecule has 0 radical (unpaired) electrons. The minimum Gasteiger partial charge on any atom is -0.267 e. The first-order valence-electron chi connectivity index (χ1n) is 9.36. The summed E-state index contributed by atoms with van der Waals surface area (Å²) in [7, 11) is 0. The van der Waals surface area contributed by atoms with Crippen molar-refractivity contribution in [3.05, 3.63) is 65.9 Å². The number of fused-ring (bicyclic) bond motifs is 1. The molecular formula is C20H18N8O. The van der Waals surface area contributed by atoms with Crippen LogP contribution in [0.1, 0.15) is 40.5 Å². The predicted molar refractivity (Wildman–Crippen MR) is 106 cm³/mol. The van der Waals surface area contributed by atoms with Gasteiger partial charge >= 0.3 is 0 Å². The van der Waals surface area contributed by atoms with E-state index in [-0.39, 0.29) is 5.91 Å². The maximum atomic E-state index is 13.0. The highest BCUT2D eigenvalue weighted by Gasteiger charge is 2.29. The average molecular weight is 386 g/mol. The molecule has 0 aromatic carbocycles. The summed E-state index contributed by atoms with van der Waals surface area (Å²) in [5, 5.41) is 5.31. The number of hydrogen-bond acceptors (Lipinski definition) is 7. The van der Waals surface area contributed by atoms with Crippen LogP contribution in [0.25, 0.3) is 16.9 Å². The van der Waals surface area contributed by atoms with Gasteiger partial charge in [0.25, 0.3) is 5.91 Å². The molecule has 2 N–H and O–H groups in total. The summed E-state index contributed by atoms with van der Waals surface area (Å²) in [4.78, 5) is 30.3. The number of aromatic nitrogens is 6. The van der Waals surface area contributed by atoms with E-state index in [1.807, 2.05) is 31.2 Å². The van der Waals surface area contributed by atoms with Gasteiger partial charge in [-0.15, -0.1) is 0 Å². The molecule has 1 fully saturated rings. The van der Waals surface area contributed by atoms with Crippen molar-refractivity contribution in [3.63, 3.8) is 0 Å². The second-order valence-electron chi connectivity index (χ2n) is 6.90. The van der Waals surface area contributed by atoms with Crippen LogP contribution >= 0.6 is 0 Å². The van der Waals surface area contributed by atoms with E-state index in [0.717, 1.165) is 18.5 Å². The molecule has 9 heteroatoms. The zero-order valence-electron chi connectivity index (χ0n) is 15.7. The number of anilines is 1. The van der Waals surface area contributed by atoms with Crippen LogP contribution in [-0.4, -0.2) is 35.6 Å². The Morgan fingerprint density at radius 3 is 2.62 bits per heavy atom. The maximum Gasteiger partial charge on any atom is 0.270 e. The Morgan fingerprint density at radius 1 is 1.10 bits per heavy atom. The molecule has 29 heavy (non-hydrogen) atoms. The monoisotopic (exact) mass is 386 g/mol. The first-order chi connectivity index (χ1) is 14.2. The Morgan fingerprint density at radius 2 is 1.90 bits per heavy atom. The van der Waals surface area contributed by atoms with E-state index in [1.165, 1.54) is 0 Å². The Bertz CT molecular complexity index is 1190. The van der Waals surface area contributed by atoms with Crippen LogP contribution in [0, 0.1) is 6.92 Å². The van der Waals surface area contributed by atoms with E-state index in [1.54, 1.807) is 29.3 Å². The molecule has 1 aliphatic rings. The number of pyridine rings is 2. The van der Waals surface area contributed by atoms with E-state index < -0.39 is 0 Å². The predicted octanol–water partition coefficient (Wildman–Crippen LogP) is 2.55. The number of hydrazine groups is 1. The van der Waals surface area contributed by atoms with Crippen molar-refractivity contribution in [2.45, 2.75) is 25.7 Å². The lowest BCUT2D eigenvalue weighted by Crippen LogP contribution is -2.30. The molecule has 0 bridgehead atoms. The first kappa shape index (κ1) is 17.2. The third-order valence-corrected chi connectivity index (χ3v) is 4.79. The average Bonchev–Trinajstić information content (AvgIpc) is 3.57. The molecule has 1 aliphatic carbocycles. The number of carbonyl (C=O) groups excluding carboxylic acids is 1. The lowest BCUT2D eigenvalue weighted by Gasteiger charge is -2.10. The largest absolute Gasteiger partial charge is 0.270 e. The van der Waals surface area contributed by atoms with Gasteiger partial charge < -0.3 is 0 Å². The molecule has 9 nitrogen and oxygen atoms in total. The minimum atomic E-state index is -0.296. The summed E-state index contributed by atoms with van der Waals surface area (Å²) >= 11 is 0. The highest BCUT2D eigenvalue weighted by Crippen LogP contribution is 2.40. The molecule has 0 spiro atoms. The molecule has 4 aromatic rings. The molecule has 1 amide bonds. The topological polar surface area (TPSA) is 111 Å². The molecule has 1 saturated carbocycles. The minimum absolute atomic E-state index is 0.296. The second kappa shape index (κ2) is 6.93. The Labute approximate surface area is 166 Å². The molecule has 0 saturated heterocycles.